The molecule has 0 aromatic heterocycles. The van der Waals surface area contributed by atoms with Crippen molar-refractivity contribution >= 4 is 17.4 Å². The summed E-state index contributed by atoms with van der Waals surface area (Å²) in [5.41, 5.74) is 1.91. The van der Waals surface area contributed by atoms with Crippen LogP contribution in [0, 0.1) is 6.92 Å². The summed E-state index contributed by atoms with van der Waals surface area (Å²) >= 11 is 0. The standard InChI is InChI=1S/C12H11NO3/c1-6-3-4-9(14)8(5-6)10-7(2)11(15)13-12(10)16/h3-5,14H,1-2H3,(H,13,15,16). The fourth-order valence-corrected chi connectivity index (χ4v) is 1.72. The van der Waals surface area contributed by atoms with Crippen LogP contribution in [0.25, 0.3) is 5.57 Å². The van der Waals surface area contributed by atoms with Crippen molar-refractivity contribution < 1.29 is 14.7 Å². The first-order valence-corrected chi connectivity index (χ1v) is 4.87. The van der Waals surface area contributed by atoms with Crippen molar-refractivity contribution in [3.05, 3.63) is 34.9 Å². The molecule has 0 bridgehead atoms. The van der Waals surface area contributed by atoms with Crippen LogP contribution in [0.2, 0.25) is 0 Å². The first-order chi connectivity index (χ1) is 7.50. The van der Waals surface area contributed by atoms with Crippen LogP contribution in [0.5, 0.6) is 5.75 Å². The molecule has 82 valence electrons. The molecule has 0 saturated carbocycles. The fraction of sp³-hybridized carbons (Fsp3) is 0.167. The largest absolute Gasteiger partial charge is 0.507 e. The number of amides is 2. The second kappa shape index (κ2) is 3.48. The summed E-state index contributed by atoms with van der Waals surface area (Å²) < 4.78 is 0. The lowest BCUT2D eigenvalue weighted by atomic mass is 9.99. The number of hydrogen-bond donors (Lipinski definition) is 2. The highest BCUT2D eigenvalue weighted by molar-refractivity contribution is 6.36. The van der Waals surface area contributed by atoms with Crippen LogP contribution in [-0.2, 0) is 9.59 Å². The monoisotopic (exact) mass is 217 g/mol. The molecule has 2 N–H and O–H groups in total. The van der Waals surface area contributed by atoms with E-state index in [1.165, 1.54) is 6.07 Å². The Balaban J connectivity index is 2.65. The lowest BCUT2D eigenvalue weighted by molar-refractivity contribution is -0.123. The van der Waals surface area contributed by atoms with Gasteiger partial charge in [-0.25, -0.2) is 0 Å². The number of imide groups is 1. The van der Waals surface area contributed by atoms with Crippen LogP contribution in [0.15, 0.2) is 23.8 Å². The number of aryl methyl sites for hydroxylation is 1. The maximum atomic E-state index is 11.6. The SMILES string of the molecule is CC1=C(c2cc(C)ccc2O)C(=O)NC1=O. The Morgan fingerprint density at radius 1 is 1.12 bits per heavy atom. The van der Waals surface area contributed by atoms with E-state index in [0.29, 0.717) is 11.1 Å². The van der Waals surface area contributed by atoms with Crippen molar-refractivity contribution in [2.45, 2.75) is 13.8 Å². The van der Waals surface area contributed by atoms with Crippen molar-refractivity contribution in [1.29, 1.82) is 0 Å². The third-order valence-electron chi connectivity index (χ3n) is 2.59. The van der Waals surface area contributed by atoms with E-state index in [0.717, 1.165) is 5.56 Å². The number of carbonyl (C=O) groups excluding carboxylic acids is 2. The third-order valence-corrected chi connectivity index (χ3v) is 2.59. The Morgan fingerprint density at radius 2 is 1.81 bits per heavy atom. The highest BCUT2D eigenvalue weighted by Gasteiger charge is 2.29. The maximum absolute atomic E-state index is 11.6. The summed E-state index contributed by atoms with van der Waals surface area (Å²) in [5.74, 6) is -0.853. The van der Waals surface area contributed by atoms with Gasteiger partial charge in [-0.2, -0.15) is 0 Å². The number of nitrogens with one attached hydrogen (secondary N) is 1. The van der Waals surface area contributed by atoms with Crippen LogP contribution in [0.4, 0.5) is 0 Å². The van der Waals surface area contributed by atoms with Gasteiger partial charge in [-0.1, -0.05) is 11.6 Å². The molecule has 0 aliphatic carbocycles. The quantitative estimate of drug-likeness (QED) is 0.693. The van der Waals surface area contributed by atoms with E-state index in [-0.39, 0.29) is 11.3 Å². The van der Waals surface area contributed by atoms with E-state index >= 15 is 0 Å². The third kappa shape index (κ3) is 1.48. The van der Waals surface area contributed by atoms with E-state index in [1.54, 1.807) is 19.1 Å². The summed E-state index contributed by atoms with van der Waals surface area (Å²) in [4.78, 5) is 22.9. The fourth-order valence-electron chi connectivity index (χ4n) is 1.72. The predicted molar refractivity (Wildman–Crippen MR) is 58.6 cm³/mol. The number of benzene rings is 1. The van der Waals surface area contributed by atoms with E-state index < -0.39 is 11.8 Å². The summed E-state index contributed by atoms with van der Waals surface area (Å²) in [7, 11) is 0. The second-order valence-corrected chi connectivity index (χ2v) is 3.80. The van der Waals surface area contributed by atoms with Gasteiger partial charge in [-0.15, -0.1) is 0 Å². The van der Waals surface area contributed by atoms with Crippen LogP contribution >= 0.6 is 0 Å². The number of carbonyl (C=O) groups is 2. The van der Waals surface area contributed by atoms with Gasteiger partial charge in [-0.3, -0.25) is 14.9 Å². The van der Waals surface area contributed by atoms with Gasteiger partial charge >= 0.3 is 0 Å². The molecule has 4 nitrogen and oxygen atoms in total. The Labute approximate surface area is 92.6 Å². The molecule has 2 rings (SSSR count). The van der Waals surface area contributed by atoms with Crippen molar-refractivity contribution in [1.82, 2.24) is 5.32 Å². The average Bonchev–Trinajstić information content (AvgIpc) is 2.46. The number of aromatic hydroxyl groups is 1. The molecule has 1 aromatic rings. The number of rotatable bonds is 1. The lowest BCUT2D eigenvalue weighted by Crippen LogP contribution is -2.22. The minimum Gasteiger partial charge on any atom is -0.507 e. The highest BCUT2D eigenvalue weighted by atomic mass is 16.3. The molecule has 1 aliphatic rings. The van der Waals surface area contributed by atoms with Crippen molar-refractivity contribution in [2.24, 2.45) is 0 Å². The normalized spacial score (nSPS) is 15.6. The lowest BCUT2D eigenvalue weighted by Gasteiger charge is -2.05. The Kier molecular flexibility index (Phi) is 2.27. The molecule has 0 atom stereocenters. The van der Waals surface area contributed by atoms with E-state index in [4.69, 9.17) is 0 Å². The van der Waals surface area contributed by atoms with Crippen LogP contribution in [-0.4, -0.2) is 16.9 Å². The van der Waals surface area contributed by atoms with Crippen LogP contribution < -0.4 is 5.32 Å². The van der Waals surface area contributed by atoms with Crippen molar-refractivity contribution in [2.75, 3.05) is 0 Å². The minimum absolute atomic E-state index is 0.00444. The first-order valence-electron chi connectivity index (χ1n) is 4.87. The van der Waals surface area contributed by atoms with Gasteiger partial charge in [0.2, 0.25) is 0 Å². The van der Waals surface area contributed by atoms with Crippen LogP contribution in [0.3, 0.4) is 0 Å². The Hall–Kier alpha value is -2.10. The van der Waals surface area contributed by atoms with Crippen molar-refractivity contribution in [3.8, 4) is 5.75 Å². The molecule has 1 aliphatic heterocycles. The minimum atomic E-state index is -0.455. The van der Waals surface area contributed by atoms with Crippen LogP contribution in [0.1, 0.15) is 18.1 Å². The molecule has 0 fully saturated rings. The Morgan fingerprint density at radius 3 is 2.38 bits per heavy atom. The number of phenolic OH excluding ortho intramolecular Hbond substituents is 1. The van der Waals surface area contributed by atoms with Gasteiger partial charge < -0.3 is 5.11 Å². The van der Waals surface area contributed by atoms with E-state index in [2.05, 4.69) is 5.32 Å². The Bertz CT molecular complexity index is 529. The topological polar surface area (TPSA) is 66.4 Å². The molecule has 4 heteroatoms. The molecule has 1 aromatic carbocycles. The zero-order valence-electron chi connectivity index (χ0n) is 9.00. The van der Waals surface area contributed by atoms with Gasteiger partial charge in [0.15, 0.2) is 0 Å². The number of hydrogen-bond acceptors (Lipinski definition) is 3. The van der Waals surface area contributed by atoms with E-state index in [9.17, 15) is 14.7 Å². The number of phenols is 1. The first kappa shape index (κ1) is 10.4. The highest BCUT2D eigenvalue weighted by Crippen LogP contribution is 2.31. The van der Waals surface area contributed by atoms with Crippen molar-refractivity contribution in [3.63, 3.8) is 0 Å². The molecular weight excluding hydrogens is 206 g/mol. The molecule has 16 heavy (non-hydrogen) atoms. The summed E-state index contributed by atoms with van der Waals surface area (Å²) in [5, 5.41) is 11.9. The maximum Gasteiger partial charge on any atom is 0.259 e. The molecule has 0 spiro atoms. The summed E-state index contributed by atoms with van der Waals surface area (Å²) in [6.45, 7) is 3.42. The summed E-state index contributed by atoms with van der Waals surface area (Å²) in [6.07, 6.45) is 0. The molecular formula is C12H11NO3. The van der Waals surface area contributed by atoms with Gasteiger partial charge in [0.1, 0.15) is 5.75 Å². The zero-order chi connectivity index (χ0) is 11.9. The molecule has 2 amide bonds. The predicted octanol–water partition coefficient (Wildman–Crippen LogP) is 1.13. The molecule has 0 saturated heterocycles. The average molecular weight is 217 g/mol. The van der Waals surface area contributed by atoms with Gasteiger partial charge in [0.25, 0.3) is 11.8 Å². The van der Waals surface area contributed by atoms with E-state index in [1.807, 2.05) is 6.92 Å². The second-order valence-electron chi connectivity index (χ2n) is 3.80. The molecule has 0 radical (unpaired) electrons. The summed E-state index contributed by atoms with van der Waals surface area (Å²) in [6, 6.07) is 4.94. The molecule has 0 unspecified atom stereocenters. The smallest absolute Gasteiger partial charge is 0.259 e. The van der Waals surface area contributed by atoms with Gasteiger partial charge in [0.05, 0.1) is 5.57 Å². The zero-order valence-corrected chi connectivity index (χ0v) is 9.00. The van der Waals surface area contributed by atoms with Gasteiger partial charge in [0, 0.05) is 11.1 Å². The van der Waals surface area contributed by atoms with Gasteiger partial charge in [-0.05, 0) is 26.0 Å². The molecule has 1 heterocycles.